The van der Waals surface area contributed by atoms with Gasteiger partial charge in [0.05, 0.1) is 18.2 Å². The number of pyridine rings is 1. The largest absolute Gasteiger partial charge is 0.507 e. The highest BCUT2D eigenvalue weighted by molar-refractivity contribution is 6.46. The highest BCUT2D eigenvalue weighted by Crippen LogP contribution is 2.40. The molecule has 1 aromatic heterocycles. The molecule has 1 atom stereocenters. The van der Waals surface area contributed by atoms with E-state index in [4.69, 9.17) is 4.74 Å². The molecule has 0 aliphatic carbocycles. The highest BCUT2D eigenvalue weighted by atomic mass is 16.5. The van der Waals surface area contributed by atoms with Crippen LogP contribution in [0.2, 0.25) is 0 Å². The van der Waals surface area contributed by atoms with Crippen molar-refractivity contribution in [1.82, 2.24) is 9.88 Å². The fourth-order valence-electron chi connectivity index (χ4n) is 3.91. The van der Waals surface area contributed by atoms with E-state index < -0.39 is 17.7 Å². The number of aryl methyl sites for hydroxylation is 1. The molecule has 2 heterocycles. The number of aromatic nitrogens is 1. The summed E-state index contributed by atoms with van der Waals surface area (Å²) in [5.74, 6) is -0.864. The van der Waals surface area contributed by atoms with Crippen LogP contribution in [0.4, 0.5) is 0 Å². The molecule has 6 nitrogen and oxygen atoms in total. The van der Waals surface area contributed by atoms with Crippen molar-refractivity contribution in [2.75, 3.05) is 6.61 Å². The van der Waals surface area contributed by atoms with Crippen LogP contribution in [-0.2, 0) is 16.1 Å². The molecule has 1 saturated heterocycles. The second-order valence-electron chi connectivity index (χ2n) is 8.07. The van der Waals surface area contributed by atoms with Crippen molar-refractivity contribution in [3.05, 3.63) is 101 Å². The minimum Gasteiger partial charge on any atom is -0.507 e. The summed E-state index contributed by atoms with van der Waals surface area (Å²) < 4.78 is 5.61. The first-order valence-corrected chi connectivity index (χ1v) is 11.0. The van der Waals surface area contributed by atoms with E-state index in [0.717, 1.165) is 23.1 Å². The van der Waals surface area contributed by atoms with Crippen molar-refractivity contribution in [2.24, 2.45) is 0 Å². The Bertz CT molecular complexity index is 1170. The summed E-state index contributed by atoms with van der Waals surface area (Å²) in [6.07, 6.45) is 4.21. The summed E-state index contributed by atoms with van der Waals surface area (Å²) in [6.45, 7) is 4.80. The first-order valence-electron chi connectivity index (χ1n) is 11.0. The van der Waals surface area contributed by atoms with Gasteiger partial charge in [0.2, 0.25) is 0 Å². The van der Waals surface area contributed by atoms with Crippen molar-refractivity contribution >= 4 is 17.4 Å². The molecule has 1 amide bonds. The lowest BCUT2D eigenvalue weighted by Crippen LogP contribution is -2.29. The van der Waals surface area contributed by atoms with Crippen molar-refractivity contribution in [2.45, 2.75) is 32.9 Å². The summed E-state index contributed by atoms with van der Waals surface area (Å²) in [6, 6.07) is 17.5. The van der Waals surface area contributed by atoms with Crippen molar-refractivity contribution in [3.8, 4) is 5.75 Å². The molecule has 1 aliphatic heterocycles. The monoisotopic (exact) mass is 442 g/mol. The molecule has 0 unspecified atom stereocenters. The second-order valence-corrected chi connectivity index (χ2v) is 8.07. The number of aliphatic hydroxyl groups excluding tert-OH is 1. The Balaban J connectivity index is 1.78. The number of amides is 1. The average Bonchev–Trinajstić information content (AvgIpc) is 3.08. The molecule has 0 bridgehead atoms. The normalized spacial score (nSPS) is 17.4. The number of ketones is 1. The van der Waals surface area contributed by atoms with Gasteiger partial charge in [0, 0.05) is 24.5 Å². The molecule has 4 rings (SSSR count). The molecule has 1 fully saturated rings. The maximum absolute atomic E-state index is 13.1. The smallest absolute Gasteiger partial charge is 0.295 e. The first kappa shape index (κ1) is 22.3. The Morgan fingerprint density at radius 1 is 1.06 bits per heavy atom. The lowest BCUT2D eigenvalue weighted by atomic mass is 9.94. The third kappa shape index (κ3) is 4.65. The Morgan fingerprint density at radius 3 is 2.42 bits per heavy atom. The Kier molecular flexibility index (Phi) is 6.54. The van der Waals surface area contributed by atoms with Gasteiger partial charge in [-0.1, -0.05) is 42.8 Å². The zero-order valence-corrected chi connectivity index (χ0v) is 18.7. The molecule has 1 N–H and O–H groups in total. The van der Waals surface area contributed by atoms with Crippen molar-refractivity contribution < 1.29 is 19.4 Å². The van der Waals surface area contributed by atoms with Crippen LogP contribution < -0.4 is 4.74 Å². The highest BCUT2D eigenvalue weighted by Gasteiger charge is 2.46. The minimum absolute atomic E-state index is 0.0787. The zero-order chi connectivity index (χ0) is 23.4. The van der Waals surface area contributed by atoms with E-state index in [9.17, 15) is 14.7 Å². The van der Waals surface area contributed by atoms with E-state index in [-0.39, 0.29) is 17.9 Å². The summed E-state index contributed by atoms with van der Waals surface area (Å²) in [5, 5.41) is 11.2. The maximum Gasteiger partial charge on any atom is 0.295 e. The Morgan fingerprint density at radius 2 is 1.79 bits per heavy atom. The second kappa shape index (κ2) is 9.69. The molecular formula is C27H26N2O4. The van der Waals surface area contributed by atoms with E-state index >= 15 is 0 Å². The molecule has 33 heavy (non-hydrogen) atoms. The maximum atomic E-state index is 13.1. The summed E-state index contributed by atoms with van der Waals surface area (Å²) in [4.78, 5) is 31.8. The predicted molar refractivity (Wildman–Crippen MR) is 125 cm³/mol. The number of Topliss-reactive ketones (excluding diaryl/α,β-unsaturated/α-hetero) is 1. The minimum atomic E-state index is -0.707. The quantitative estimate of drug-likeness (QED) is 0.323. The number of rotatable bonds is 7. The molecular weight excluding hydrogens is 416 g/mol. The molecule has 0 radical (unpaired) electrons. The molecule has 2 aromatic carbocycles. The summed E-state index contributed by atoms with van der Waals surface area (Å²) >= 11 is 0. The van der Waals surface area contributed by atoms with Gasteiger partial charge < -0.3 is 14.7 Å². The topological polar surface area (TPSA) is 79.7 Å². The van der Waals surface area contributed by atoms with Crippen LogP contribution in [0.15, 0.2) is 78.6 Å². The van der Waals surface area contributed by atoms with E-state index in [0.29, 0.717) is 17.9 Å². The van der Waals surface area contributed by atoms with Gasteiger partial charge in [-0.15, -0.1) is 0 Å². The van der Waals surface area contributed by atoms with E-state index in [1.54, 1.807) is 42.7 Å². The van der Waals surface area contributed by atoms with Crippen LogP contribution in [0, 0.1) is 6.92 Å². The van der Waals surface area contributed by atoms with Gasteiger partial charge in [-0.2, -0.15) is 0 Å². The van der Waals surface area contributed by atoms with Crippen LogP contribution in [0.5, 0.6) is 5.75 Å². The van der Waals surface area contributed by atoms with Gasteiger partial charge >= 0.3 is 0 Å². The standard InChI is InChI=1S/C27H26N2O4/c1-3-15-33-22-12-10-21(11-13-22)25(30)23-24(20-8-6-18(2)7-9-20)29(27(32)26(23)31)17-19-5-4-14-28-16-19/h4-14,16,24,30H,3,15,17H2,1-2H3/b25-23+/t24-/m0/s1. The lowest BCUT2D eigenvalue weighted by Gasteiger charge is -2.25. The van der Waals surface area contributed by atoms with E-state index in [2.05, 4.69) is 4.98 Å². The van der Waals surface area contributed by atoms with Gasteiger partial charge in [0.15, 0.2) is 0 Å². The van der Waals surface area contributed by atoms with Crippen LogP contribution in [0.25, 0.3) is 5.76 Å². The number of benzene rings is 2. The third-order valence-corrected chi connectivity index (χ3v) is 5.61. The van der Waals surface area contributed by atoms with Gasteiger partial charge in [-0.25, -0.2) is 0 Å². The predicted octanol–water partition coefficient (Wildman–Crippen LogP) is 4.80. The van der Waals surface area contributed by atoms with Crippen LogP contribution in [-0.4, -0.2) is 33.3 Å². The lowest BCUT2D eigenvalue weighted by molar-refractivity contribution is -0.140. The van der Waals surface area contributed by atoms with Crippen LogP contribution >= 0.6 is 0 Å². The van der Waals surface area contributed by atoms with Crippen molar-refractivity contribution in [1.29, 1.82) is 0 Å². The number of nitrogens with zero attached hydrogens (tertiary/aromatic N) is 2. The summed E-state index contributed by atoms with van der Waals surface area (Å²) in [5.41, 5.74) is 3.15. The fourth-order valence-corrected chi connectivity index (χ4v) is 3.91. The number of hydrogen-bond donors (Lipinski definition) is 1. The van der Waals surface area contributed by atoms with Crippen LogP contribution in [0.1, 0.15) is 41.6 Å². The molecule has 0 saturated carbocycles. The molecule has 168 valence electrons. The van der Waals surface area contributed by atoms with Gasteiger partial charge in [-0.3, -0.25) is 14.6 Å². The number of ether oxygens (including phenoxy) is 1. The third-order valence-electron chi connectivity index (χ3n) is 5.61. The SMILES string of the molecule is CCCOc1ccc(/C(O)=C2\C(=O)C(=O)N(Cc3cccnc3)[C@H]2c2ccc(C)cc2)cc1. The van der Waals surface area contributed by atoms with Crippen molar-refractivity contribution in [3.63, 3.8) is 0 Å². The van der Waals surface area contributed by atoms with Gasteiger partial charge in [0.25, 0.3) is 11.7 Å². The van der Waals surface area contributed by atoms with Gasteiger partial charge in [-0.05, 0) is 54.8 Å². The fraction of sp³-hybridized carbons (Fsp3) is 0.222. The number of hydrogen-bond acceptors (Lipinski definition) is 5. The molecule has 3 aromatic rings. The number of aliphatic hydroxyl groups is 1. The number of likely N-dealkylation sites (tertiary alicyclic amines) is 1. The number of carbonyl (C=O) groups is 2. The van der Waals surface area contributed by atoms with E-state index in [1.807, 2.05) is 44.2 Å². The van der Waals surface area contributed by atoms with E-state index in [1.165, 1.54) is 4.90 Å². The Labute approximate surface area is 193 Å². The number of carbonyl (C=O) groups excluding carboxylic acids is 2. The van der Waals surface area contributed by atoms with Gasteiger partial charge in [0.1, 0.15) is 11.5 Å². The molecule has 1 aliphatic rings. The molecule has 6 heteroatoms. The summed E-state index contributed by atoms with van der Waals surface area (Å²) in [7, 11) is 0. The zero-order valence-electron chi connectivity index (χ0n) is 18.7. The average molecular weight is 443 g/mol. The van der Waals surface area contributed by atoms with Crippen LogP contribution in [0.3, 0.4) is 0 Å². The first-order chi connectivity index (χ1) is 16.0. The molecule has 0 spiro atoms. The Hall–Kier alpha value is -3.93.